The largest absolute Gasteiger partial charge is 0.478 e. The van der Waals surface area contributed by atoms with Crippen molar-refractivity contribution in [1.29, 1.82) is 0 Å². The molecule has 0 spiro atoms. The van der Waals surface area contributed by atoms with Gasteiger partial charge in [-0.05, 0) is 11.6 Å². The summed E-state index contributed by atoms with van der Waals surface area (Å²) in [6, 6.07) is 9.31. The Kier molecular flexibility index (Phi) is 4.46. The van der Waals surface area contributed by atoms with Gasteiger partial charge in [-0.15, -0.1) is 0 Å². The van der Waals surface area contributed by atoms with Gasteiger partial charge in [0.1, 0.15) is 0 Å². The van der Waals surface area contributed by atoms with Gasteiger partial charge in [0.15, 0.2) is 0 Å². The Labute approximate surface area is 72.2 Å². The summed E-state index contributed by atoms with van der Waals surface area (Å²) in [7, 11) is 0. The van der Waals surface area contributed by atoms with Gasteiger partial charge in [-0.1, -0.05) is 37.8 Å². The molecule has 0 aromatic heterocycles. The van der Waals surface area contributed by atoms with Gasteiger partial charge in [-0.3, -0.25) is 0 Å². The first-order chi connectivity index (χ1) is 5.29. The maximum atomic E-state index is 10.1. The van der Waals surface area contributed by atoms with E-state index in [1.807, 2.05) is 30.3 Å². The smallest absolute Gasteiger partial charge is 0.328 e. The van der Waals surface area contributed by atoms with E-state index in [-0.39, 0.29) is 7.43 Å². The maximum absolute atomic E-state index is 10.1. The van der Waals surface area contributed by atoms with Gasteiger partial charge in [0, 0.05) is 6.08 Å². The molecular formula is C10H12O2. The molecule has 1 aromatic carbocycles. The van der Waals surface area contributed by atoms with E-state index in [9.17, 15) is 4.79 Å². The summed E-state index contributed by atoms with van der Waals surface area (Å²) in [4.78, 5) is 10.1. The molecule has 12 heavy (non-hydrogen) atoms. The van der Waals surface area contributed by atoms with E-state index in [1.165, 1.54) is 0 Å². The van der Waals surface area contributed by atoms with E-state index >= 15 is 0 Å². The lowest BCUT2D eigenvalue weighted by Crippen LogP contribution is -1.85. The summed E-state index contributed by atoms with van der Waals surface area (Å²) in [5.74, 6) is -0.922. The third-order valence-electron chi connectivity index (χ3n) is 1.22. The molecule has 0 saturated heterocycles. The van der Waals surface area contributed by atoms with E-state index in [0.29, 0.717) is 0 Å². The summed E-state index contributed by atoms with van der Waals surface area (Å²) in [5.41, 5.74) is 0.898. The molecule has 0 aliphatic heterocycles. The quantitative estimate of drug-likeness (QED) is 0.681. The predicted molar refractivity (Wildman–Crippen MR) is 49.8 cm³/mol. The first-order valence-electron chi connectivity index (χ1n) is 3.25. The highest BCUT2D eigenvalue weighted by molar-refractivity contribution is 5.85. The predicted octanol–water partition coefficient (Wildman–Crippen LogP) is 2.42. The molecular weight excluding hydrogens is 152 g/mol. The van der Waals surface area contributed by atoms with Crippen molar-refractivity contribution in [2.24, 2.45) is 0 Å². The molecule has 2 nitrogen and oxygen atoms in total. The Balaban J connectivity index is 0.00000121. The van der Waals surface area contributed by atoms with Crippen LogP contribution in [0.4, 0.5) is 0 Å². The van der Waals surface area contributed by atoms with Gasteiger partial charge in [-0.25, -0.2) is 4.79 Å². The Morgan fingerprint density at radius 1 is 1.25 bits per heavy atom. The van der Waals surface area contributed by atoms with Crippen molar-refractivity contribution in [3.63, 3.8) is 0 Å². The number of hydrogen-bond acceptors (Lipinski definition) is 1. The fourth-order valence-corrected chi connectivity index (χ4v) is 0.732. The van der Waals surface area contributed by atoms with Gasteiger partial charge < -0.3 is 5.11 Å². The lowest BCUT2D eigenvalue weighted by molar-refractivity contribution is -0.131. The van der Waals surface area contributed by atoms with Crippen molar-refractivity contribution in [3.8, 4) is 0 Å². The van der Waals surface area contributed by atoms with Crippen molar-refractivity contribution < 1.29 is 9.90 Å². The Morgan fingerprint density at radius 2 is 1.83 bits per heavy atom. The van der Waals surface area contributed by atoms with Crippen LogP contribution in [0.15, 0.2) is 36.4 Å². The number of aliphatic carboxylic acids is 1. The minimum absolute atomic E-state index is 0. The number of carboxylic acids is 1. The summed E-state index contributed by atoms with van der Waals surface area (Å²) < 4.78 is 0. The standard InChI is InChI=1S/C9H8O2.CH4/c10-9(11)7-6-8-4-2-1-3-5-8;/h1-7H,(H,10,11);1H4. The fraction of sp³-hybridized carbons (Fsp3) is 0.100. The molecule has 0 saturated carbocycles. The van der Waals surface area contributed by atoms with Gasteiger partial charge in [0.25, 0.3) is 0 Å². The highest BCUT2D eigenvalue weighted by atomic mass is 16.4. The second-order valence-corrected chi connectivity index (χ2v) is 2.08. The van der Waals surface area contributed by atoms with Crippen LogP contribution >= 0.6 is 0 Å². The number of carboxylic acid groups (broad SMARTS) is 1. The average molecular weight is 164 g/mol. The van der Waals surface area contributed by atoms with Crippen LogP contribution in [-0.2, 0) is 4.79 Å². The van der Waals surface area contributed by atoms with Crippen LogP contribution < -0.4 is 0 Å². The zero-order valence-corrected chi connectivity index (χ0v) is 5.90. The van der Waals surface area contributed by atoms with Crippen molar-refractivity contribution in [2.75, 3.05) is 0 Å². The highest BCUT2D eigenvalue weighted by Gasteiger charge is 1.85. The van der Waals surface area contributed by atoms with E-state index in [4.69, 9.17) is 5.11 Å². The minimum Gasteiger partial charge on any atom is -0.478 e. The molecule has 0 heterocycles. The average Bonchev–Trinajstić information content (AvgIpc) is 2.03. The van der Waals surface area contributed by atoms with Crippen LogP contribution in [0, 0.1) is 0 Å². The van der Waals surface area contributed by atoms with E-state index in [0.717, 1.165) is 11.6 Å². The Bertz CT molecular complexity index is 262. The SMILES string of the molecule is C.O=C(O)C=Cc1ccccc1. The van der Waals surface area contributed by atoms with E-state index in [1.54, 1.807) is 6.08 Å². The number of rotatable bonds is 2. The molecule has 1 N–H and O–H groups in total. The monoisotopic (exact) mass is 164 g/mol. The molecule has 1 aromatic rings. The molecule has 0 radical (unpaired) electrons. The fourth-order valence-electron chi connectivity index (χ4n) is 0.732. The molecule has 0 aliphatic carbocycles. The van der Waals surface area contributed by atoms with Crippen molar-refractivity contribution in [3.05, 3.63) is 42.0 Å². The van der Waals surface area contributed by atoms with Gasteiger partial charge >= 0.3 is 5.97 Å². The lowest BCUT2D eigenvalue weighted by atomic mass is 10.2. The second kappa shape index (κ2) is 5.13. The molecule has 2 heteroatoms. The first-order valence-corrected chi connectivity index (χ1v) is 3.25. The van der Waals surface area contributed by atoms with Crippen LogP contribution in [-0.4, -0.2) is 11.1 Å². The zero-order valence-electron chi connectivity index (χ0n) is 5.90. The summed E-state index contributed by atoms with van der Waals surface area (Å²) in [5, 5.41) is 8.29. The van der Waals surface area contributed by atoms with Crippen LogP contribution in [0.5, 0.6) is 0 Å². The Hall–Kier alpha value is -1.57. The molecule has 0 fully saturated rings. The Morgan fingerprint density at radius 3 is 2.33 bits per heavy atom. The second-order valence-electron chi connectivity index (χ2n) is 2.08. The molecule has 0 atom stereocenters. The number of hydrogen-bond donors (Lipinski definition) is 1. The number of benzene rings is 1. The van der Waals surface area contributed by atoms with Crippen molar-refractivity contribution >= 4 is 12.0 Å². The van der Waals surface area contributed by atoms with E-state index < -0.39 is 5.97 Å². The third-order valence-corrected chi connectivity index (χ3v) is 1.22. The number of carbonyl (C=O) groups is 1. The minimum atomic E-state index is -0.922. The van der Waals surface area contributed by atoms with Crippen LogP contribution in [0.3, 0.4) is 0 Å². The molecule has 0 unspecified atom stereocenters. The topological polar surface area (TPSA) is 37.3 Å². The van der Waals surface area contributed by atoms with E-state index in [2.05, 4.69) is 0 Å². The molecule has 0 amide bonds. The summed E-state index contributed by atoms with van der Waals surface area (Å²) in [6.07, 6.45) is 2.68. The third kappa shape index (κ3) is 3.56. The van der Waals surface area contributed by atoms with Gasteiger partial charge in [0.2, 0.25) is 0 Å². The van der Waals surface area contributed by atoms with Crippen molar-refractivity contribution in [2.45, 2.75) is 7.43 Å². The van der Waals surface area contributed by atoms with Gasteiger partial charge in [0.05, 0.1) is 0 Å². The highest BCUT2D eigenvalue weighted by Crippen LogP contribution is 1.99. The lowest BCUT2D eigenvalue weighted by Gasteiger charge is -1.87. The first kappa shape index (κ1) is 10.4. The van der Waals surface area contributed by atoms with Crippen LogP contribution in [0.2, 0.25) is 0 Å². The normalized spacial score (nSPS) is 9.33. The molecule has 64 valence electrons. The zero-order chi connectivity index (χ0) is 8.10. The maximum Gasteiger partial charge on any atom is 0.328 e. The van der Waals surface area contributed by atoms with Crippen LogP contribution in [0.25, 0.3) is 6.08 Å². The molecule has 1 rings (SSSR count). The van der Waals surface area contributed by atoms with Crippen molar-refractivity contribution in [1.82, 2.24) is 0 Å². The van der Waals surface area contributed by atoms with Crippen LogP contribution in [0.1, 0.15) is 13.0 Å². The van der Waals surface area contributed by atoms with Gasteiger partial charge in [-0.2, -0.15) is 0 Å². The molecule has 0 bridgehead atoms. The summed E-state index contributed by atoms with van der Waals surface area (Å²) in [6.45, 7) is 0. The summed E-state index contributed by atoms with van der Waals surface area (Å²) >= 11 is 0. The molecule has 0 aliphatic rings.